The smallest absolute Gasteiger partial charge is 0.0798 e. The fourth-order valence-corrected chi connectivity index (χ4v) is 0.777. The second-order valence-corrected chi connectivity index (χ2v) is 3.46. The van der Waals surface area contributed by atoms with Crippen LogP contribution < -0.4 is 0 Å². The van der Waals surface area contributed by atoms with Gasteiger partial charge in [0.15, 0.2) is 0 Å². The molecule has 0 aliphatic heterocycles. The molecule has 2 heteroatoms. The Labute approximate surface area is 74.2 Å². The van der Waals surface area contributed by atoms with Crippen LogP contribution in [-0.4, -0.2) is 21.9 Å². The van der Waals surface area contributed by atoms with E-state index in [1.54, 1.807) is 13.8 Å². The highest BCUT2D eigenvalue weighted by Crippen LogP contribution is 2.16. The summed E-state index contributed by atoms with van der Waals surface area (Å²) in [6, 6.07) is 0. The molecule has 2 nitrogen and oxygen atoms in total. The average molecular weight is 170 g/mol. The molecule has 0 saturated heterocycles. The van der Waals surface area contributed by atoms with E-state index < -0.39 is 11.7 Å². The summed E-state index contributed by atoms with van der Waals surface area (Å²) in [5, 5.41) is 18.8. The third kappa shape index (κ3) is 4.31. The van der Waals surface area contributed by atoms with Crippen molar-refractivity contribution in [2.24, 2.45) is 0 Å². The molecule has 0 aromatic carbocycles. The van der Waals surface area contributed by atoms with Crippen molar-refractivity contribution in [3.63, 3.8) is 0 Å². The molecule has 0 fully saturated rings. The van der Waals surface area contributed by atoms with E-state index in [0.29, 0.717) is 12.8 Å². The standard InChI is InChI=1S/C10H18O2/c1-5-10(4,12)7-6-9(11)8(2)3/h5,9,11-12H,1-2,6-7H2,3-4H3. The maximum Gasteiger partial charge on any atom is 0.0798 e. The molecule has 0 heterocycles. The first-order valence-corrected chi connectivity index (χ1v) is 4.08. The molecule has 0 aromatic heterocycles. The first-order valence-electron chi connectivity index (χ1n) is 4.08. The average Bonchev–Trinajstić information content (AvgIpc) is 2.00. The van der Waals surface area contributed by atoms with Gasteiger partial charge in [0.25, 0.3) is 0 Å². The summed E-state index contributed by atoms with van der Waals surface area (Å²) in [6.07, 6.45) is 1.99. The van der Waals surface area contributed by atoms with E-state index >= 15 is 0 Å². The van der Waals surface area contributed by atoms with E-state index in [2.05, 4.69) is 13.2 Å². The molecular weight excluding hydrogens is 152 g/mol. The molecule has 0 radical (unpaired) electrons. The lowest BCUT2D eigenvalue weighted by molar-refractivity contribution is 0.0811. The van der Waals surface area contributed by atoms with Crippen LogP contribution in [0.1, 0.15) is 26.7 Å². The van der Waals surface area contributed by atoms with Crippen LogP contribution in [0.25, 0.3) is 0 Å². The number of aliphatic hydroxyl groups excluding tert-OH is 1. The second-order valence-electron chi connectivity index (χ2n) is 3.46. The Balaban J connectivity index is 3.83. The van der Waals surface area contributed by atoms with Crippen molar-refractivity contribution >= 4 is 0 Å². The van der Waals surface area contributed by atoms with Crippen LogP contribution in [0.4, 0.5) is 0 Å². The van der Waals surface area contributed by atoms with E-state index in [1.165, 1.54) is 6.08 Å². The monoisotopic (exact) mass is 170 g/mol. The van der Waals surface area contributed by atoms with Crippen molar-refractivity contribution in [2.45, 2.75) is 38.4 Å². The van der Waals surface area contributed by atoms with E-state index in [9.17, 15) is 10.2 Å². The summed E-state index contributed by atoms with van der Waals surface area (Å²) < 4.78 is 0. The highest BCUT2D eigenvalue weighted by molar-refractivity contribution is 4.99. The summed E-state index contributed by atoms with van der Waals surface area (Å²) in [5.74, 6) is 0. The van der Waals surface area contributed by atoms with Crippen LogP contribution in [-0.2, 0) is 0 Å². The van der Waals surface area contributed by atoms with Gasteiger partial charge in [0, 0.05) is 0 Å². The highest BCUT2D eigenvalue weighted by Gasteiger charge is 2.17. The van der Waals surface area contributed by atoms with E-state index in [1.807, 2.05) is 0 Å². The highest BCUT2D eigenvalue weighted by atomic mass is 16.3. The summed E-state index contributed by atoms with van der Waals surface area (Å²) in [7, 11) is 0. The van der Waals surface area contributed by atoms with Crippen molar-refractivity contribution in [1.29, 1.82) is 0 Å². The molecule has 0 rings (SSSR count). The van der Waals surface area contributed by atoms with E-state index in [-0.39, 0.29) is 0 Å². The largest absolute Gasteiger partial charge is 0.389 e. The van der Waals surface area contributed by atoms with E-state index in [4.69, 9.17) is 0 Å². The molecule has 0 spiro atoms. The predicted molar refractivity (Wildman–Crippen MR) is 50.9 cm³/mol. The number of rotatable bonds is 5. The number of aliphatic hydroxyl groups is 2. The zero-order valence-electron chi connectivity index (χ0n) is 7.88. The third-order valence-electron chi connectivity index (χ3n) is 1.93. The molecule has 2 unspecified atom stereocenters. The van der Waals surface area contributed by atoms with Crippen molar-refractivity contribution in [1.82, 2.24) is 0 Å². The van der Waals surface area contributed by atoms with Gasteiger partial charge in [0.1, 0.15) is 0 Å². The summed E-state index contributed by atoms with van der Waals surface area (Å²) in [4.78, 5) is 0. The molecule has 0 amide bonds. The summed E-state index contributed by atoms with van der Waals surface area (Å²) in [6.45, 7) is 10.6. The second kappa shape index (κ2) is 4.43. The van der Waals surface area contributed by atoms with Crippen LogP contribution in [0, 0.1) is 0 Å². The summed E-state index contributed by atoms with van der Waals surface area (Å²) >= 11 is 0. The van der Waals surface area contributed by atoms with Gasteiger partial charge in [-0.1, -0.05) is 18.2 Å². The van der Waals surface area contributed by atoms with Crippen molar-refractivity contribution < 1.29 is 10.2 Å². The molecule has 2 N–H and O–H groups in total. The summed E-state index contributed by atoms with van der Waals surface area (Å²) in [5.41, 5.74) is -0.147. The van der Waals surface area contributed by atoms with Gasteiger partial charge in [-0.05, 0) is 26.7 Å². The first-order chi connectivity index (χ1) is 5.39. The molecule has 2 atom stereocenters. The Morgan fingerprint density at radius 2 is 2.17 bits per heavy atom. The van der Waals surface area contributed by atoms with Gasteiger partial charge < -0.3 is 10.2 Å². The molecule has 70 valence electrons. The van der Waals surface area contributed by atoms with Crippen LogP contribution >= 0.6 is 0 Å². The van der Waals surface area contributed by atoms with E-state index in [0.717, 1.165) is 5.57 Å². The topological polar surface area (TPSA) is 40.5 Å². The number of hydrogen-bond donors (Lipinski definition) is 2. The quantitative estimate of drug-likeness (QED) is 0.616. The van der Waals surface area contributed by atoms with Gasteiger partial charge in [0.2, 0.25) is 0 Å². The molecular formula is C10H18O2. The van der Waals surface area contributed by atoms with Gasteiger partial charge in [-0.3, -0.25) is 0 Å². The lowest BCUT2D eigenvalue weighted by Gasteiger charge is -2.20. The fourth-order valence-electron chi connectivity index (χ4n) is 0.777. The van der Waals surface area contributed by atoms with Gasteiger partial charge in [-0.2, -0.15) is 0 Å². The van der Waals surface area contributed by atoms with Crippen LogP contribution in [0.15, 0.2) is 24.8 Å². The van der Waals surface area contributed by atoms with Gasteiger partial charge >= 0.3 is 0 Å². The maximum atomic E-state index is 9.50. The van der Waals surface area contributed by atoms with Crippen molar-refractivity contribution in [2.75, 3.05) is 0 Å². The fraction of sp³-hybridized carbons (Fsp3) is 0.600. The Bertz CT molecular complexity index is 171. The first kappa shape index (κ1) is 11.4. The maximum absolute atomic E-state index is 9.50. The van der Waals surface area contributed by atoms with Crippen molar-refractivity contribution in [3.8, 4) is 0 Å². The Morgan fingerprint density at radius 1 is 1.67 bits per heavy atom. The van der Waals surface area contributed by atoms with Gasteiger partial charge in [0.05, 0.1) is 11.7 Å². The molecule has 0 aliphatic carbocycles. The predicted octanol–water partition coefficient (Wildman–Crippen LogP) is 1.64. The van der Waals surface area contributed by atoms with Crippen LogP contribution in [0.2, 0.25) is 0 Å². The minimum Gasteiger partial charge on any atom is -0.389 e. The lowest BCUT2D eigenvalue weighted by Crippen LogP contribution is -2.23. The van der Waals surface area contributed by atoms with Crippen LogP contribution in [0.5, 0.6) is 0 Å². The lowest BCUT2D eigenvalue weighted by atomic mass is 9.96. The van der Waals surface area contributed by atoms with Gasteiger partial charge in [-0.15, -0.1) is 6.58 Å². The third-order valence-corrected chi connectivity index (χ3v) is 1.93. The Hall–Kier alpha value is -0.600. The minimum atomic E-state index is -0.879. The van der Waals surface area contributed by atoms with Crippen molar-refractivity contribution in [3.05, 3.63) is 24.8 Å². The zero-order chi connectivity index (χ0) is 9.78. The molecule has 0 bridgehead atoms. The Kier molecular flexibility index (Phi) is 4.21. The molecule has 0 aromatic rings. The number of hydrogen-bond acceptors (Lipinski definition) is 2. The normalized spacial score (nSPS) is 18.0. The molecule has 12 heavy (non-hydrogen) atoms. The van der Waals surface area contributed by atoms with Gasteiger partial charge in [-0.25, -0.2) is 0 Å². The van der Waals surface area contributed by atoms with Crippen LogP contribution in [0.3, 0.4) is 0 Å². The molecule has 0 saturated carbocycles. The zero-order valence-corrected chi connectivity index (χ0v) is 7.88. The SMILES string of the molecule is C=CC(C)(O)CCC(O)C(=C)C. The Morgan fingerprint density at radius 3 is 2.50 bits per heavy atom. The molecule has 0 aliphatic rings. The minimum absolute atomic E-state index is 0.504.